The van der Waals surface area contributed by atoms with Gasteiger partial charge in [0.25, 0.3) is 0 Å². The number of nitrogens with one attached hydrogen (secondary N) is 2. The van der Waals surface area contributed by atoms with E-state index in [4.69, 9.17) is 5.11 Å². The molecule has 7 heteroatoms. The summed E-state index contributed by atoms with van der Waals surface area (Å²) in [6, 6.07) is 12.9. The van der Waals surface area contributed by atoms with Crippen LogP contribution >= 0.6 is 0 Å². The molecule has 0 aliphatic rings. The van der Waals surface area contributed by atoms with Gasteiger partial charge in [-0.2, -0.15) is 0 Å². The first-order valence-electron chi connectivity index (χ1n) is 8.63. The lowest BCUT2D eigenvalue weighted by molar-refractivity contribution is -0.136. The molecule has 6 nitrogen and oxygen atoms in total. The van der Waals surface area contributed by atoms with E-state index < -0.39 is 12.0 Å². The molecule has 2 amide bonds. The summed E-state index contributed by atoms with van der Waals surface area (Å²) >= 11 is 0. The second-order valence-electron chi connectivity index (χ2n) is 6.30. The summed E-state index contributed by atoms with van der Waals surface area (Å²) in [6.45, 7) is 0.276. The molecule has 144 valence electrons. The lowest BCUT2D eigenvalue weighted by Crippen LogP contribution is -2.39. The average Bonchev–Trinajstić information content (AvgIpc) is 2.64. The summed E-state index contributed by atoms with van der Waals surface area (Å²) in [5.41, 5.74) is 1.94. The average molecular weight is 374 g/mol. The Balaban J connectivity index is 1.79. The highest BCUT2D eigenvalue weighted by Gasteiger charge is 2.13. The molecule has 1 unspecified atom stereocenters. The van der Waals surface area contributed by atoms with Crippen LogP contribution in [-0.4, -0.2) is 35.4 Å². The summed E-state index contributed by atoms with van der Waals surface area (Å²) in [5.74, 6) is -1.55. The van der Waals surface area contributed by atoms with Gasteiger partial charge in [-0.1, -0.05) is 42.5 Å². The van der Waals surface area contributed by atoms with Gasteiger partial charge >= 0.3 is 12.0 Å². The van der Waals surface area contributed by atoms with E-state index in [1.54, 1.807) is 42.5 Å². The molecule has 2 rings (SSSR count). The molecule has 0 aliphatic heterocycles. The smallest absolute Gasteiger partial charge is 0.315 e. The Kier molecular flexibility index (Phi) is 7.76. The van der Waals surface area contributed by atoms with Crippen molar-refractivity contribution in [2.24, 2.45) is 5.92 Å². The minimum absolute atomic E-state index is 0.0751. The third-order valence-corrected chi connectivity index (χ3v) is 4.08. The lowest BCUT2D eigenvalue weighted by Gasteiger charge is -2.16. The first-order chi connectivity index (χ1) is 13.0. The quantitative estimate of drug-likeness (QED) is 0.540. The number of aliphatic carboxylic acids is 1. The Morgan fingerprint density at radius 1 is 1.04 bits per heavy atom. The number of carbonyl (C=O) groups excluding carboxylic acids is 1. The number of hydrogen-bond acceptors (Lipinski definition) is 3. The maximum absolute atomic E-state index is 13.7. The summed E-state index contributed by atoms with van der Waals surface area (Å²) in [5, 5.41) is 23.6. The number of hydrogen-bond donors (Lipinski definition) is 4. The van der Waals surface area contributed by atoms with Gasteiger partial charge in [-0.05, 0) is 29.2 Å². The van der Waals surface area contributed by atoms with Crippen molar-refractivity contribution in [1.82, 2.24) is 10.6 Å². The predicted octanol–water partition coefficient (Wildman–Crippen LogP) is 2.10. The minimum atomic E-state index is -0.914. The fourth-order valence-corrected chi connectivity index (χ4v) is 2.68. The van der Waals surface area contributed by atoms with Crippen LogP contribution < -0.4 is 10.6 Å². The van der Waals surface area contributed by atoms with Crippen LogP contribution in [0.3, 0.4) is 0 Å². The molecular weight excluding hydrogens is 351 g/mol. The van der Waals surface area contributed by atoms with Gasteiger partial charge in [-0.15, -0.1) is 0 Å². The Morgan fingerprint density at radius 3 is 2.48 bits per heavy atom. The topological polar surface area (TPSA) is 98.7 Å². The molecule has 0 aliphatic carbocycles. The predicted molar refractivity (Wildman–Crippen MR) is 98.7 cm³/mol. The zero-order valence-electron chi connectivity index (χ0n) is 14.8. The SMILES string of the molecule is O=C(O)Cc1cccc(CNC(=O)NCC(CO)Cc2ccccc2F)c1. The monoisotopic (exact) mass is 374 g/mol. The number of carboxylic acid groups (broad SMARTS) is 1. The first-order valence-corrected chi connectivity index (χ1v) is 8.63. The van der Waals surface area contributed by atoms with Gasteiger partial charge in [0, 0.05) is 25.6 Å². The molecule has 2 aromatic carbocycles. The van der Waals surface area contributed by atoms with Crippen molar-refractivity contribution < 1.29 is 24.2 Å². The molecule has 0 saturated heterocycles. The van der Waals surface area contributed by atoms with Gasteiger partial charge < -0.3 is 20.8 Å². The van der Waals surface area contributed by atoms with E-state index in [0.717, 1.165) is 5.56 Å². The first kappa shape index (κ1) is 20.4. The molecule has 4 N–H and O–H groups in total. The van der Waals surface area contributed by atoms with E-state index in [1.807, 2.05) is 0 Å². The zero-order valence-corrected chi connectivity index (χ0v) is 14.8. The molecule has 2 aromatic rings. The third kappa shape index (κ3) is 7.07. The van der Waals surface area contributed by atoms with Gasteiger partial charge in [0.1, 0.15) is 5.82 Å². The molecular formula is C20H23FN2O4. The molecule has 27 heavy (non-hydrogen) atoms. The highest BCUT2D eigenvalue weighted by Crippen LogP contribution is 2.12. The highest BCUT2D eigenvalue weighted by atomic mass is 19.1. The third-order valence-electron chi connectivity index (χ3n) is 4.08. The van der Waals surface area contributed by atoms with Gasteiger partial charge in [-0.3, -0.25) is 4.79 Å². The summed E-state index contributed by atoms with van der Waals surface area (Å²) in [7, 11) is 0. The number of carboxylic acids is 1. The van der Waals surface area contributed by atoms with Crippen LogP contribution in [0.1, 0.15) is 16.7 Å². The molecule has 0 heterocycles. The number of halogens is 1. The number of aliphatic hydroxyl groups is 1. The van der Waals surface area contributed by atoms with Crippen LogP contribution in [0.25, 0.3) is 0 Å². The van der Waals surface area contributed by atoms with E-state index in [2.05, 4.69) is 10.6 Å². The number of rotatable bonds is 9. The van der Waals surface area contributed by atoms with Crippen molar-refractivity contribution in [3.05, 3.63) is 71.0 Å². The Morgan fingerprint density at radius 2 is 1.78 bits per heavy atom. The fraction of sp³-hybridized carbons (Fsp3) is 0.300. The van der Waals surface area contributed by atoms with Crippen LogP contribution in [0.5, 0.6) is 0 Å². The van der Waals surface area contributed by atoms with Crippen molar-refractivity contribution in [3.8, 4) is 0 Å². The number of amides is 2. The number of benzene rings is 2. The van der Waals surface area contributed by atoms with Crippen molar-refractivity contribution in [1.29, 1.82) is 0 Å². The molecule has 0 radical (unpaired) electrons. The maximum atomic E-state index is 13.7. The van der Waals surface area contributed by atoms with Crippen LogP contribution in [0.15, 0.2) is 48.5 Å². The Bertz CT molecular complexity index is 782. The summed E-state index contributed by atoms with van der Waals surface area (Å²) in [6.07, 6.45) is 0.245. The van der Waals surface area contributed by atoms with Gasteiger partial charge in [0.15, 0.2) is 0 Å². The molecule has 0 aromatic heterocycles. The van der Waals surface area contributed by atoms with E-state index >= 15 is 0 Å². The second-order valence-corrected chi connectivity index (χ2v) is 6.30. The minimum Gasteiger partial charge on any atom is -0.481 e. The number of aliphatic hydroxyl groups excluding tert-OH is 1. The van der Waals surface area contributed by atoms with E-state index in [0.29, 0.717) is 17.5 Å². The fourth-order valence-electron chi connectivity index (χ4n) is 2.68. The summed E-state index contributed by atoms with van der Waals surface area (Å²) in [4.78, 5) is 22.7. The molecule has 1 atom stereocenters. The standard InChI is InChI=1S/C20H23FN2O4/c21-18-7-2-1-6-17(18)9-16(13-24)12-23-20(27)22-11-15-5-3-4-14(8-15)10-19(25)26/h1-8,16,24H,9-13H2,(H,25,26)(H2,22,23,27). The van der Waals surface area contributed by atoms with Crippen LogP contribution in [-0.2, 0) is 24.2 Å². The van der Waals surface area contributed by atoms with Gasteiger partial charge in [0.05, 0.1) is 6.42 Å². The van der Waals surface area contributed by atoms with Crippen LogP contribution in [0, 0.1) is 11.7 Å². The van der Waals surface area contributed by atoms with Crippen molar-refractivity contribution in [3.63, 3.8) is 0 Å². The Hall–Kier alpha value is -2.93. The molecule has 0 saturated carbocycles. The van der Waals surface area contributed by atoms with Crippen molar-refractivity contribution in [2.45, 2.75) is 19.4 Å². The van der Waals surface area contributed by atoms with Crippen molar-refractivity contribution >= 4 is 12.0 Å². The second kappa shape index (κ2) is 10.3. The number of carbonyl (C=O) groups is 2. The van der Waals surface area contributed by atoms with E-state index in [-0.39, 0.29) is 37.9 Å². The normalized spacial score (nSPS) is 11.6. The van der Waals surface area contributed by atoms with Crippen LogP contribution in [0.4, 0.5) is 9.18 Å². The molecule has 0 bridgehead atoms. The van der Waals surface area contributed by atoms with E-state index in [1.165, 1.54) is 6.07 Å². The zero-order chi connectivity index (χ0) is 19.6. The largest absolute Gasteiger partial charge is 0.481 e. The number of urea groups is 1. The summed E-state index contributed by atoms with van der Waals surface area (Å²) < 4.78 is 13.7. The highest BCUT2D eigenvalue weighted by molar-refractivity contribution is 5.74. The van der Waals surface area contributed by atoms with Gasteiger partial charge in [-0.25, -0.2) is 9.18 Å². The Labute approximate surface area is 157 Å². The van der Waals surface area contributed by atoms with Crippen molar-refractivity contribution in [2.75, 3.05) is 13.2 Å². The lowest BCUT2D eigenvalue weighted by atomic mass is 9.99. The van der Waals surface area contributed by atoms with Crippen LogP contribution in [0.2, 0.25) is 0 Å². The molecule has 0 spiro atoms. The maximum Gasteiger partial charge on any atom is 0.315 e. The van der Waals surface area contributed by atoms with E-state index in [9.17, 15) is 19.1 Å². The molecule has 0 fully saturated rings. The van der Waals surface area contributed by atoms with Gasteiger partial charge in [0.2, 0.25) is 0 Å².